The molecule has 24 heteroatoms. The summed E-state index contributed by atoms with van der Waals surface area (Å²) in [5, 5.41) is 53.5. The zero-order chi connectivity index (χ0) is 95.4. The fourth-order valence-corrected chi connectivity index (χ4v) is 19.4. The van der Waals surface area contributed by atoms with E-state index in [1.807, 2.05) is 0 Å². The fraction of sp³-hybridized carbons (Fsp3) is 0.833. The molecule has 2 aromatic rings. The van der Waals surface area contributed by atoms with Crippen LogP contribution in [-0.2, 0) is 71.0 Å². The number of carbonyl (C=O) groups is 6. The van der Waals surface area contributed by atoms with Crippen LogP contribution in [0.15, 0.2) is 60.7 Å². The zero-order valence-electron chi connectivity index (χ0n) is 83.7. The molecule has 132 heavy (non-hydrogen) atoms. The zero-order valence-corrected chi connectivity index (χ0v) is 84.6. The Morgan fingerprint density at radius 3 is 0.939 bits per heavy atom. The molecule has 4 rings (SSSR count). The summed E-state index contributed by atoms with van der Waals surface area (Å²) < 4.78 is 79.5. The molecule has 0 radical (unpaired) electrons. The largest absolute Gasteiger partial charge is 0.588 e. The van der Waals surface area contributed by atoms with E-state index in [2.05, 4.69) is 52.2 Å². The highest BCUT2D eigenvalue weighted by Gasteiger charge is 2.55. The Morgan fingerprint density at radius 2 is 0.629 bits per heavy atom. The Balaban J connectivity index is 1.76. The van der Waals surface area contributed by atoms with Crippen molar-refractivity contribution in [2.75, 3.05) is 13.2 Å². The third-order valence-corrected chi connectivity index (χ3v) is 27.4. The van der Waals surface area contributed by atoms with Gasteiger partial charge in [-0.2, -0.15) is 0 Å². The Kier molecular flexibility index (Phi) is 71.9. The standard InChI is InChI=1S/C108H189N2O21P/c1-7-13-19-25-31-37-39-40-42-48-54-59-71-80-97(114)123-90(77-63-55-49-43-33-27-21-15-9-3)83-95(112)109-101-104(119)103(118)94(126-107(101)120)87-122-108-102(110-96(113)84-91(78-64-56-50-44-34-28-22-16-10-4)124-98(115)81-70-58-52-46-36-30-24-18-12-6)106(105(93(86-111)127-108)131-132(121,129-88-73-66-61-67-74-88)130-89-75-68-62-69-76-89)128-100(117)85-92(79-65-57-51-45-35-29-23-17-11-5)125-99(116)82-72-60-53-47-41-38-32-26-20-14-8-2/h61-62,66-69,73-76,90-94,101-108,111,118-120H,7-60,63-65,70-72,77-87H2,1-6H3,(H,109,112)(H,110,113)/t90-,91-,92-,93-,94-,101-,102-,103-,104-,105-,106-,107+,108-/m1/s1. The van der Waals surface area contributed by atoms with E-state index in [9.17, 15) is 39.6 Å². The van der Waals surface area contributed by atoms with E-state index in [-0.39, 0.29) is 37.2 Å². The maximum atomic E-state index is 15.9. The number of phosphoric acid groups is 1. The number of nitrogens with one attached hydrogen (secondary N) is 2. The van der Waals surface area contributed by atoms with E-state index in [0.29, 0.717) is 57.8 Å². The van der Waals surface area contributed by atoms with Gasteiger partial charge in [0.05, 0.1) is 32.5 Å². The summed E-state index contributed by atoms with van der Waals surface area (Å²) in [6.07, 6.45) is 47.4. The molecule has 2 aliphatic rings. The second kappa shape index (κ2) is 79.7. The summed E-state index contributed by atoms with van der Waals surface area (Å²) in [5.41, 5.74) is 0. The van der Waals surface area contributed by atoms with Crippen LogP contribution in [0.1, 0.15) is 485 Å². The predicted octanol–water partition coefficient (Wildman–Crippen LogP) is 26.5. The maximum absolute atomic E-state index is 15.9. The van der Waals surface area contributed by atoms with E-state index < -0.39 is 149 Å². The van der Waals surface area contributed by atoms with Crippen molar-refractivity contribution < 1.29 is 100 Å². The van der Waals surface area contributed by atoms with Crippen LogP contribution in [0, 0.1) is 0 Å². The van der Waals surface area contributed by atoms with E-state index in [1.54, 1.807) is 36.4 Å². The van der Waals surface area contributed by atoms with Gasteiger partial charge >= 0.3 is 31.7 Å². The number of carbonyl (C=O) groups excluding carboxylic acids is 6. The quantitative estimate of drug-likeness (QED) is 0.0155. The second-order valence-electron chi connectivity index (χ2n) is 38.2. The summed E-state index contributed by atoms with van der Waals surface area (Å²) in [6, 6.07) is 12.8. The molecule has 0 aromatic heterocycles. The molecular weight excluding hydrogens is 1690 g/mol. The lowest BCUT2D eigenvalue weighted by Gasteiger charge is -2.46. The van der Waals surface area contributed by atoms with Crippen molar-refractivity contribution in [1.82, 2.24) is 10.6 Å². The van der Waals surface area contributed by atoms with Crippen LogP contribution in [0.4, 0.5) is 0 Å². The van der Waals surface area contributed by atoms with Gasteiger partial charge in [-0.05, 0) is 82.1 Å². The number of rotatable bonds is 88. The molecule has 0 unspecified atom stereocenters. The molecule has 13 atom stereocenters. The normalized spacial score (nSPS) is 19.3. The van der Waals surface area contributed by atoms with Crippen molar-refractivity contribution >= 4 is 43.5 Å². The molecule has 0 saturated carbocycles. The van der Waals surface area contributed by atoms with Crippen LogP contribution in [0.3, 0.4) is 0 Å². The van der Waals surface area contributed by atoms with Gasteiger partial charge in [-0.15, -0.1) is 0 Å². The molecule has 2 aliphatic heterocycles. The van der Waals surface area contributed by atoms with Crippen LogP contribution in [0.25, 0.3) is 0 Å². The molecule has 2 fully saturated rings. The third kappa shape index (κ3) is 58.5. The lowest BCUT2D eigenvalue weighted by Crippen LogP contribution is -2.67. The molecule has 2 amide bonds. The Hall–Kier alpha value is -5.23. The Bertz CT molecular complexity index is 3130. The van der Waals surface area contributed by atoms with Gasteiger partial charge in [0.15, 0.2) is 18.7 Å². The number of ether oxygens (including phenoxy) is 7. The molecule has 2 saturated heterocycles. The monoisotopic (exact) mass is 1880 g/mol. The number of hydrogen-bond donors (Lipinski definition) is 6. The fourth-order valence-electron chi connectivity index (χ4n) is 18.0. The first-order valence-electron chi connectivity index (χ1n) is 54.1. The number of esters is 4. The van der Waals surface area contributed by atoms with Gasteiger partial charge in [-0.3, -0.25) is 33.3 Å². The second-order valence-corrected chi connectivity index (χ2v) is 39.7. The average molecular weight is 1880 g/mol. The van der Waals surface area contributed by atoms with Gasteiger partial charge < -0.3 is 73.3 Å². The molecule has 0 bridgehead atoms. The predicted molar refractivity (Wildman–Crippen MR) is 527 cm³/mol. The molecule has 6 N–H and O–H groups in total. The number of hydrogen-bond acceptors (Lipinski definition) is 21. The van der Waals surface area contributed by atoms with Crippen molar-refractivity contribution in [3.05, 3.63) is 60.7 Å². The van der Waals surface area contributed by atoms with Crippen LogP contribution in [-0.4, -0.2) is 149 Å². The molecule has 2 heterocycles. The molecule has 762 valence electrons. The van der Waals surface area contributed by atoms with Gasteiger partial charge in [-0.25, -0.2) is 4.57 Å². The molecule has 23 nitrogen and oxygen atoms in total. The average Bonchev–Trinajstić information content (AvgIpc) is 0.768. The van der Waals surface area contributed by atoms with Gasteiger partial charge in [0.1, 0.15) is 72.4 Å². The van der Waals surface area contributed by atoms with Crippen molar-refractivity contribution in [3.63, 3.8) is 0 Å². The Labute approximate surface area is 799 Å². The SMILES string of the molecule is CCCCCCCCCCCCCCCC(=O)O[C@H](CCCCCCCCCCC)CC(=O)N[C@@H]1[C@@H](O)[C@H](O)[C@@H](CO[C@@H]2O[C@H](CO)[C@@H](OP(=O)(Oc3ccccc3)Oc3ccccc3)[C@H](OC(=O)C[C@@H](CCCCCCCCCCC)OC(=O)CCCCCCCCCCCCC)[C@H]2NC(=O)C[C@@H](CCCCCCCCCCC)OC(=O)CCCCCCCCCCC)O[C@@H]1O. The van der Waals surface area contributed by atoms with Gasteiger partial charge in [0.25, 0.3) is 0 Å². The Morgan fingerprint density at radius 1 is 0.341 bits per heavy atom. The lowest BCUT2D eigenvalue weighted by atomic mass is 9.95. The minimum atomic E-state index is -5.08. The highest BCUT2D eigenvalue weighted by molar-refractivity contribution is 7.49. The minimum absolute atomic E-state index is 0.0372. The van der Waals surface area contributed by atoms with E-state index in [0.717, 1.165) is 173 Å². The summed E-state index contributed by atoms with van der Waals surface area (Å²) in [6.45, 7) is 11.5. The highest BCUT2D eigenvalue weighted by Crippen LogP contribution is 2.53. The summed E-state index contributed by atoms with van der Waals surface area (Å²) in [4.78, 5) is 86.9. The number of phosphoric ester groups is 1. The first-order valence-corrected chi connectivity index (χ1v) is 55.6. The molecule has 0 aliphatic carbocycles. The summed E-state index contributed by atoms with van der Waals surface area (Å²) >= 11 is 0. The van der Waals surface area contributed by atoms with Crippen LogP contribution in [0.2, 0.25) is 0 Å². The van der Waals surface area contributed by atoms with Gasteiger partial charge in [-0.1, -0.05) is 425 Å². The maximum Gasteiger partial charge on any atom is 0.588 e. The summed E-state index contributed by atoms with van der Waals surface area (Å²) in [5.74, 6) is -3.59. The highest BCUT2D eigenvalue weighted by atomic mass is 31.2. The third-order valence-electron chi connectivity index (χ3n) is 26.0. The van der Waals surface area contributed by atoms with Crippen LogP contribution < -0.4 is 19.7 Å². The van der Waals surface area contributed by atoms with E-state index >= 15 is 14.2 Å². The smallest absolute Gasteiger partial charge is 0.462 e. The van der Waals surface area contributed by atoms with Crippen LogP contribution in [0.5, 0.6) is 11.5 Å². The van der Waals surface area contributed by atoms with Crippen molar-refractivity contribution in [1.29, 1.82) is 0 Å². The minimum Gasteiger partial charge on any atom is -0.462 e. The van der Waals surface area contributed by atoms with Gasteiger partial charge in [0.2, 0.25) is 11.8 Å². The number of amides is 2. The number of para-hydroxylation sites is 2. The van der Waals surface area contributed by atoms with Crippen molar-refractivity contribution in [3.8, 4) is 11.5 Å². The molecule has 2 aromatic carbocycles. The van der Waals surface area contributed by atoms with E-state index in [1.165, 1.54) is 198 Å². The molecule has 0 spiro atoms. The lowest BCUT2D eigenvalue weighted by molar-refractivity contribution is -0.297. The number of unbranched alkanes of at least 4 members (excludes halogenated alkanes) is 54. The number of benzene rings is 2. The first kappa shape index (κ1) is 119. The van der Waals surface area contributed by atoms with Gasteiger partial charge in [0, 0.05) is 19.3 Å². The first-order chi connectivity index (χ1) is 64.4. The molecular formula is C108H189N2O21P. The number of aliphatic hydroxyl groups excluding tert-OH is 4. The number of aliphatic hydroxyl groups is 4. The topological polar surface area (TPSA) is 317 Å². The van der Waals surface area contributed by atoms with Crippen LogP contribution >= 0.6 is 7.82 Å². The van der Waals surface area contributed by atoms with Crippen molar-refractivity contribution in [2.24, 2.45) is 0 Å². The van der Waals surface area contributed by atoms with E-state index in [4.69, 9.17) is 46.7 Å². The van der Waals surface area contributed by atoms with Crippen molar-refractivity contribution in [2.45, 2.75) is 564 Å². The summed E-state index contributed by atoms with van der Waals surface area (Å²) in [7, 11) is -5.08.